The van der Waals surface area contributed by atoms with Gasteiger partial charge in [0, 0.05) is 5.56 Å². The molecule has 0 atom stereocenters. The Labute approximate surface area is 101 Å². The highest BCUT2D eigenvalue weighted by atomic mass is 32.2. The number of para-hydroxylation sites is 1. The third-order valence-electron chi connectivity index (χ3n) is 2.22. The van der Waals surface area contributed by atoms with Crippen LogP contribution >= 0.6 is 0 Å². The molecule has 0 fully saturated rings. The second-order valence-corrected chi connectivity index (χ2v) is 5.44. The molecule has 4 heteroatoms. The predicted octanol–water partition coefficient (Wildman–Crippen LogP) is 2.53. The van der Waals surface area contributed by atoms with E-state index in [-0.39, 0.29) is 0 Å². The number of benzene rings is 2. The van der Waals surface area contributed by atoms with Crippen LogP contribution in [0.15, 0.2) is 48.5 Å². The number of hydrogen-bond donors (Lipinski definition) is 1. The zero-order chi connectivity index (χ0) is 12.3. The van der Waals surface area contributed by atoms with Crippen LogP contribution in [0, 0.1) is 6.07 Å². The van der Waals surface area contributed by atoms with E-state index in [0.29, 0.717) is 5.69 Å². The highest BCUT2D eigenvalue weighted by Crippen LogP contribution is 2.27. The largest absolute Gasteiger partial charge is 0.283 e. The minimum atomic E-state index is -3.27. The predicted molar refractivity (Wildman–Crippen MR) is 69.2 cm³/mol. The molecular formula is C13H12NO2S. The number of anilines is 1. The Bertz CT molecular complexity index is 606. The average molecular weight is 246 g/mol. The van der Waals surface area contributed by atoms with Gasteiger partial charge in [-0.3, -0.25) is 4.72 Å². The lowest BCUT2D eigenvalue weighted by atomic mass is 10.0. The summed E-state index contributed by atoms with van der Waals surface area (Å²) in [5.74, 6) is 0. The van der Waals surface area contributed by atoms with Gasteiger partial charge in [-0.1, -0.05) is 42.5 Å². The number of sulfonamides is 1. The molecule has 0 heterocycles. The molecule has 0 bridgehead atoms. The van der Waals surface area contributed by atoms with Crippen LogP contribution in [0.5, 0.6) is 0 Å². The SMILES string of the molecule is CS(=O)(=O)Nc1ccccc1-c1[c]cccc1. The van der Waals surface area contributed by atoms with E-state index in [4.69, 9.17) is 0 Å². The van der Waals surface area contributed by atoms with E-state index in [2.05, 4.69) is 10.8 Å². The molecule has 2 aromatic rings. The maximum Gasteiger partial charge on any atom is 0.229 e. The maximum atomic E-state index is 11.3. The highest BCUT2D eigenvalue weighted by Gasteiger charge is 2.07. The fourth-order valence-electron chi connectivity index (χ4n) is 1.57. The molecule has 1 N–H and O–H groups in total. The van der Waals surface area contributed by atoms with Crippen LogP contribution in [0.4, 0.5) is 5.69 Å². The molecule has 0 unspecified atom stereocenters. The molecule has 0 saturated carbocycles. The van der Waals surface area contributed by atoms with Crippen molar-refractivity contribution in [1.82, 2.24) is 0 Å². The average Bonchev–Trinajstić information content (AvgIpc) is 2.29. The van der Waals surface area contributed by atoms with Crippen molar-refractivity contribution in [2.24, 2.45) is 0 Å². The Morgan fingerprint density at radius 3 is 2.41 bits per heavy atom. The van der Waals surface area contributed by atoms with E-state index in [0.717, 1.165) is 17.4 Å². The van der Waals surface area contributed by atoms with E-state index >= 15 is 0 Å². The van der Waals surface area contributed by atoms with Crippen molar-refractivity contribution in [2.75, 3.05) is 11.0 Å². The van der Waals surface area contributed by atoms with Crippen LogP contribution < -0.4 is 4.72 Å². The first kappa shape index (κ1) is 11.7. The van der Waals surface area contributed by atoms with Crippen LogP contribution in [0.2, 0.25) is 0 Å². The van der Waals surface area contributed by atoms with E-state index < -0.39 is 10.0 Å². The van der Waals surface area contributed by atoms with Crippen molar-refractivity contribution in [3.63, 3.8) is 0 Å². The first-order chi connectivity index (χ1) is 8.06. The fraction of sp³-hybridized carbons (Fsp3) is 0.0769. The smallest absolute Gasteiger partial charge is 0.229 e. The van der Waals surface area contributed by atoms with Crippen LogP contribution in [-0.4, -0.2) is 14.7 Å². The van der Waals surface area contributed by atoms with Crippen molar-refractivity contribution in [2.45, 2.75) is 0 Å². The topological polar surface area (TPSA) is 46.2 Å². The maximum absolute atomic E-state index is 11.3. The molecule has 1 radical (unpaired) electrons. The molecule has 87 valence electrons. The van der Waals surface area contributed by atoms with Crippen LogP contribution in [0.1, 0.15) is 0 Å². The summed E-state index contributed by atoms with van der Waals surface area (Å²) >= 11 is 0. The summed E-state index contributed by atoms with van der Waals surface area (Å²) < 4.78 is 25.0. The third-order valence-corrected chi connectivity index (χ3v) is 2.81. The fourth-order valence-corrected chi connectivity index (χ4v) is 2.15. The van der Waals surface area contributed by atoms with Gasteiger partial charge in [0.2, 0.25) is 10.0 Å². The summed E-state index contributed by atoms with van der Waals surface area (Å²) in [4.78, 5) is 0. The van der Waals surface area contributed by atoms with Gasteiger partial charge in [-0.2, -0.15) is 0 Å². The molecular weight excluding hydrogens is 234 g/mol. The van der Waals surface area contributed by atoms with E-state index in [1.54, 1.807) is 18.2 Å². The minimum Gasteiger partial charge on any atom is -0.283 e. The van der Waals surface area contributed by atoms with Gasteiger partial charge < -0.3 is 0 Å². The zero-order valence-corrected chi connectivity index (χ0v) is 10.2. The molecule has 0 amide bonds. The lowest BCUT2D eigenvalue weighted by molar-refractivity contribution is 0.607. The molecule has 0 saturated heterocycles. The summed E-state index contributed by atoms with van der Waals surface area (Å²) in [7, 11) is -3.27. The standard InChI is InChI=1S/C13H12NO2S/c1-17(15,16)14-13-10-6-5-9-12(13)11-7-3-2-4-8-11/h2-7,9-10,14H,1H3. The first-order valence-electron chi connectivity index (χ1n) is 5.10. The van der Waals surface area contributed by atoms with E-state index in [1.807, 2.05) is 30.3 Å². The van der Waals surface area contributed by atoms with Gasteiger partial charge in [0.1, 0.15) is 0 Å². The first-order valence-corrected chi connectivity index (χ1v) is 6.99. The summed E-state index contributed by atoms with van der Waals surface area (Å²) in [5.41, 5.74) is 2.25. The van der Waals surface area contributed by atoms with Gasteiger partial charge in [0.05, 0.1) is 11.9 Å². The monoisotopic (exact) mass is 246 g/mol. The summed E-state index contributed by atoms with van der Waals surface area (Å²) in [6.45, 7) is 0. The van der Waals surface area contributed by atoms with Crippen molar-refractivity contribution in [1.29, 1.82) is 0 Å². The van der Waals surface area contributed by atoms with Gasteiger partial charge in [-0.05, 0) is 17.7 Å². The van der Waals surface area contributed by atoms with Gasteiger partial charge >= 0.3 is 0 Å². The molecule has 0 aliphatic heterocycles. The van der Waals surface area contributed by atoms with Crippen LogP contribution in [0.3, 0.4) is 0 Å². The normalized spacial score (nSPS) is 11.1. The van der Waals surface area contributed by atoms with Gasteiger partial charge in [0.15, 0.2) is 0 Å². The van der Waals surface area contributed by atoms with Crippen molar-refractivity contribution >= 4 is 15.7 Å². The van der Waals surface area contributed by atoms with Gasteiger partial charge in [0.25, 0.3) is 0 Å². The Kier molecular flexibility index (Phi) is 3.15. The van der Waals surface area contributed by atoms with Gasteiger partial charge in [-0.15, -0.1) is 0 Å². The lowest BCUT2D eigenvalue weighted by Crippen LogP contribution is -2.10. The molecule has 0 spiro atoms. The molecule has 3 nitrogen and oxygen atoms in total. The Balaban J connectivity index is 2.49. The summed E-state index contributed by atoms with van der Waals surface area (Å²) in [6.07, 6.45) is 1.14. The Hall–Kier alpha value is -1.81. The molecule has 17 heavy (non-hydrogen) atoms. The van der Waals surface area contributed by atoms with Crippen LogP contribution in [-0.2, 0) is 10.0 Å². The third kappa shape index (κ3) is 3.07. The quantitative estimate of drug-likeness (QED) is 0.904. The highest BCUT2D eigenvalue weighted by molar-refractivity contribution is 7.92. The second-order valence-electron chi connectivity index (χ2n) is 3.70. The van der Waals surface area contributed by atoms with Crippen molar-refractivity contribution in [3.8, 4) is 11.1 Å². The number of nitrogens with one attached hydrogen (secondary N) is 1. The Morgan fingerprint density at radius 2 is 1.76 bits per heavy atom. The second kappa shape index (κ2) is 4.59. The molecule has 0 aliphatic carbocycles. The van der Waals surface area contributed by atoms with E-state index in [1.165, 1.54) is 0 Å². The van der Waals surface area contributed by atoms with Crippen molar-refractivity contribution < 1.29 is 8.42 Å². The van der Waals surface area contributed by atoms with E-state index in [9.17, 15) is 8.42 Å². The molecule has 2 aromatic carbocycles. The minimum absolute atomic E-state index is 0.567. The van der Waals surface area contributed by atoms with Crippen LogP contribution in [0.25, 0.3) is 11.1 Å². The molecule has 0 aromatic heterocycles. The Morgan fingerprint density at radius 1 is 1.06 bits per heavy atom. The van der Waals surface area contributed by atoms with Gasteiger partial charge in [-0.25, -0.2) is 8.42 Å². The van der Waals surface area contributed by atoms with Crippen molar-refractivity contribution in [3.05, 3.63) is 54.6 Å². The zero-order valence-electron chi connectivity index (χ0n) is 9.34. The molecule has 2 rings (SSSR count). The molecule has 0 aliphatic rings. The summed E-state index contributed by atoms with van der Waals surface area (Å²) in [6, 6.07) is 17.8. The number of rotatable bonds is 3. The summed E-state index contributed by atoms with van der Waals surface area (Å²) in [5, 5.41) is 0. The number of hydrogen-bond acceptors (Lipinski definition) is 2. The lowest BCUT2D eigenvalue weighted by Gasteiger charge is -2.10.